The number of aromatic nitrogens is 1. The molecule has 0 radical (unpaired) electrons. The molecule has 0 unspecified atom stereocenters. The smallest absolute Gasteiger partial charge is 0.239 e. The molecule has 0 spiro atoms. The van der Waals surface area contributed by atoms with E-state index in [0.29, 0.717) is 6.54 Å². The standard InChI is InChI=1S/C12H15N3OS/c1-2-5-14-11(16)8-15-9-3-6-13-10-4-7-17-12(9)10/h3-4,6-7H,2,5,8H2,1H3,(H,13,15)(H,14,16). The summed E-state index contributed by atoms with van der Waals surface area (Å²) in [6.45, 7) is 3.06. The normalized spacial score (nSPS) is 10.4. The Morgan fingerprint density at radius 2 is 2.35 bits per heavy atom. The molecule has 0 aliphatic rings. The first-order chi connectivity index (χ1) is 8.31. The van der Waals surface area contributed by atoms with E-state index in [-0.39, 0.29) is 5.91 Å². The van der Waals surface area contributed by atoms with Gasteiger partial charge in [-0.05, 0) is 23.9 Å². The second kappa shape index (κ2) is 5.63. The van der Waals surface area contributed by atoms with Crippen molar-refractivity contribution in [3.63, 3.8) is 0 Å². The predicted octanol–water partition coefficient (Wildman–Crippen LogP) is 2.23. The van der Waals surface area contributed by atoms with Gasteiger partial charge in [-0.25, -0.2) is 0 Å². The number of nitrogens with zero attached hydrogens (tertiary/aromatic N) is 1. The Balaban J connectivity index is 1.99. The number of hydrogen-bond acceptors (Lipinski definition) is 4. The summed E-state index contributed by atoms with van der Waals surface area (Å²) in [4.78, 5) is 15.7. The van der Waals surface area contributed by atoms with Gasteiger partial charge >= 0.3 is 0 Å². The van der Waals surface area contributed by atoms with Crippen LogP contribution in [-0.4, -0.2) is 24.0 Å². The van der Waals surface area contributed by atoms with E-state index in [9.17, 15) is 4.79 Å². The van der Waals surface area contributed by atoms with E-state index < -0.39 is 0 Å². The number of thiophene rings is 1. The number of amides is 1. The molecule has 2 aromatic heterocycles. The molecule has 0 atom stereocenters. The fourth-order valence-corrected chi connectivity index (χ4v) is 2.36. The summed E-state index contributed by atoms with van der Waals surface area (Å²) in [6, 6.07) is 3.87. The SMILES string of the molecule is CCCNC(=O)CNc1ccnc2ccsc12. The van der Waals surface area contributed by atoms with Crippen LogP contribution in [0.5, 0.6) is 0 Å². The first-order valence-electron chi connectivity index (χ1n) is 5.64. The van der Waals surface area contributed by atoms with Gasteiger partial charge in [0.25, 0.3) is 0 Å². The number of hydrogen-bond donors (Lipinski definition) is 2. The summed E-state index contributed by atoms with van der Waals surface area (Å²) in [7, 11) is 0. The van der Waals surface area contributed by atoms with E-state index in [1.54, 1.807) is 17.5 Å². The molecule has 4 nitrogen and oxygen atoms in total. The van der Waals surface area contributed by atoms with Gasteiger partial charge in [-0.1, -0.05) is 6.92 Å². The van der Waals surface area contributed by atoms with E-state index >= 15 is 0 Å². The van der Waals surface area contributed by atoms with Gasteiger partial charge in [0.15, 0.2) is 0 Å². The molecule has 5 heteroatoms. The summed E-state index contributed by atoms with van der Waals surface area (Å²) in [5.41, 5.74) is 1.94. The molecule has 0 aliphatic heterocycles. The quantitative estimate of drug-likeness (QED) is 0.854. The monoisotopic (exact) mass is 249 g/mol. The van der Waals surface area contributed by atoms with E-state index in [2.05, 4.69) is 15.6 Å². The number of carbonyl (C=O) groups is 1. The molecule has 0 aromatic carbocycles. The minimum absolute atomic E-state index is 0.0216. The van der Waals surface area contributed by atoms with Crippen molar-refractivity contribution in [1.82, 2.24) is 10.3 Å². The summed E-state index contributed by atoms with van der Waals surface area (Å²) in [5, 5.41) is 7.97. The Morgan fingerprint density at radius 3 is 3.18 bits per heavy atom. The van der Waals surface area contributed by atoms with Gasteiger partial charge in [0.2, 0.25) is 5.91 Å². The Labute approximate surface area is 104 Å². The van der Waals surface area contributed by atoms with Crippen molar-refractivity contribution >= 4 is 33.1 Å². The van der Waals surface area contributed by atoms with Gasteiger partial charge in [0.05, 0.1) is 22.4 Å². The van der Waals surface area contributed by atoms with Crippen LogP contribution in [0.15, 0.2) is 23.7 Å². The van der Waals surface area contributed by atoms with Crippen LogP contribution in [0.2, 0.25) is 0 Å². The van der Waals surface area contributed by atoms with Crippen molar-refractivity contribution in [3.05, 3.63) is 23.7 Å². The minimum Gasteiger partial charge on any atom is -0.375 e. The van der Waals surface area contributed by atoms with Crippen LogP contribution in [0.3, 0.4) is 0 Å². The second-order valence-electron chi connectivity index (χ2n) is 3.70. The van der Waals surface area contributed by atoms with E-state index in [1.165, 1.54) is 0 Å². The molecule has 2 N–H and O–H groups in total. The highest BCUT2D eigenvalue weighted by Crippen LogP contribution is 2.26. The number of fused-ring (bicyclic) bond motifs is 1. The van der Waals surface area contributed by atoms with Gasteiger partial charge in [-0.3, -0.25) is 9.78 Å². The third-order valence-corrected chi connectivity index (χ3v) is 3.29. The molecule has 1 amide bonds. The summed E-state index contributed by atoms with van der Waals surface area (Å²) < 4.78 is 1.09. The van der Waals surface area contributed by atoms with E-state index in [0.717, 1.165) is 28.9 Å². The lowest BCUT2D eigenvalue weighted by Gasteiger charge is -2.07. The minimum atomic E-state index is 0.0216. The number of carbonyl (C=O) groups excluding carboxylic acids is 1. The van der Waals surface area contributed by atoms with Crippen molar-refractivity contribution in [1.29, 1.82) is 0 Å². The molecule has 2 heterocycles. The average molecular weight is 249 g/mol. The lowest BCUT2D eigenvalue weighted by molar-refractivity contribution is -0.119. The molecule has 0 saturated heterocycles. The number of anilines is 1. The van der Waals surface area contributed by atoms with Gasteiger partial charge in [-0.15, -0.1) is 11.3 Å². The second-order valence-corrected chi connectivity index (χ2v) is 4.61. The molecule has 0 saturated carbocycles. The maximum Gasteiger partial charge on any atom is 0.239 e. The lowest BCUT2D eigenvalue weighted by Crippen LogP contribution is -2.30. The van der Waals surface area contributed by atoms with E-state index in [4.69, 9.17) is 0 Å². The largest absolute Gasteiger partial charge is 0.375 e. The molecule has 2 rings (SSSR count). The molecule has 0 fully saturated rings. The highest BCUT2D eigenvalue weighted by Gasteiger charge is 2.04. The molecule has 17 heavy (non-hydrogen) atoms. The average Bonchev–Trinajstić information content (AvgIpc) is 2.82. The van der Waals surface area contributed by atoms with Crippen molar-refractivity contribution in [2.45, 2.75) is 13.3 Å². The molecule has 0 aliphatic carbocycles. The van der Waals surface area contributed by atoms with Crippen LogP contribution < -0.4 is 10.6 Å². The Hall–Kier alpha value is -1.62. The molecule has 0 bridgehead atoms. The Bertz CT molecular complexity index is 509. The van der Waals surface area contributed by atoms with Crippen LogP contribution >= 0.6 is 11.3 Å². The van der Waals surface area contributed by atoms with Crippen LogP contribution in [0, 0.1) is 0 Å². The topological polar surface area (TPSA) is 54.0 Å². The van der Waals surface area contributed by atoms with Gasteiger partial charge in [-0.2, -0.15) is 0 Å². The highest BCUT2D eigenvalue weighted by atomic mass is 32.1. The van der Waals surface area contributed by atoms with Crippen LogP contribution in [0.25, 0.3) is 10.2 Å². The van der Waals surface area contributed by atoms with Crippen LogP contribution in [-0.2, 0) is 4.79 Å². The van der Waals surface area contributed by atoms with Gasteiger partial charge in [0.1, 0.15) is 0 Å². The highest BCUT2D eigenvalue weighted by molar-refractivity contribution is 7.17. The van der Waals surface area contributed by atoms with Crippen molar-refractivity contribution in [2.75, 3.05) is 18.4 Å². The zero-order valence-corrected chi connectivity index (χ0v) is 10.5. The molecular formula is C12H15N3OS. The predicted molar refractivity (Wildman–Crippen MR) is 71.4 cm³/mol. The summed E-state index contributed by atoms with van der Waals surface area (Å²) in [5.74, 6) is 0.0216. The number of pyridine rings is 1. The van der Waals surface area contributed by atoms with Crippen LogP contribution in [0.1, 0.15) is 13.3 Å². The third-order valence-electron chi connectivity index (χ3n) is 2.36. The first-order valence-corrected chi connectivity index (χ1v) is 6.52. The van der Waals surface area contributed by atoms with Gasteiger partial charge < -0.3 is 10.6 Å². The zero-order chi connectivity index (χ0) is 12.1. The molecule has 2 aromatic rings. The number of rotatable bonds is 5. The summed E-state index contributed by atoms with van der Waals surface area (Å²) in [6.07, 6.45) is 2.71. The molecular weight excluding hydrogens is 234 g/mol. The third kappa shape index (κ3) is 2.94. The lowest BCUT2D eigenvalue weighted by atomic mass is 10.3. The van der Waals surface area contributed by atoms with Crippen molar-refractivity contribution in [3.8, 4) is 0 Å². The van der Waals surface area contributed by atoms with Crippen molar-refractivity contribution in [2.24, 2.45) is 0 Å². The van der Waals surface area contributed by atoms with Crippen molar-refractivity contribution < 1.29 is 4.79 Å². The first kappa shape index (κ1) is 11.9. The number of nitrogens with one attached hydrogen (secondary N) is 2. The zero-order valence-electron chi connectivity index (χ0n) is 9.69. The molecule has 90 valence electrons. The maximum absolute atomic E-state index is 11.5. The summed E-state index contributed by atoms with van der Waals surface area (Å²) >= 11 is 1.63. The fraction of sp³-hybridized carbons (Fsp3) is 0.333. The maximum atomic E-state index is 11.5. The van der Waals surface area contributed by atoms with Gasteiger partial charge in [0, 0.05) is 12.7 Å². The van der Waals surface area contributed by atoms with Crippen LogP contribution in [0.4, 0.5) is 5.69 Å². The fourth-order valence-electron chi connectivity index (χ4n) is 1.52. The van der Waals surface area contributed by atoms with E-state index in [1.807, 2.05) is 24.4 Å². The Morgan fingerprint density at radius 1 is 1.47 bits per heavy atom. The Kier molecular flexibility index (Phi) is 3.93.